The Labute approximate surface area is 217 Å². The van der Waals surface area contributed by atoms with Gasteiger partial charge in [-0.2, -0.15) is 0 Å². The second kappa shape index (κ2) is 11.6. The summed E-state index contributed by atoms with van der Waals surface area (Å²) in [6.45, 7) is 5.06. The summed E-state index contributed by atoms with van der Waals surface area (Å²) in [6.07, 6.45) is 0. The van der Waals surface area contributed by atoms with E-state index in [-0.39, 0.29) is 23.0 Å². The molecule has 0 saturated heterocycles. The standard InChI is InChI=1S/C27H30ClN3O4S/c1-19-8-12-22(13-9-19)17-30(21(3)27(33)29-4)26(32)18-31(24-7-5-6-23(28)16-24)36(34,35)25-14-10-20(2)11-15-25/h5-16,21H,17-18H2,1-4H3,(H,29,33)/t21-/m0/s1. The molecule has 9 heteroatoms. The van der Waals surface area contributed by atoms with Crippen LogP contribution in [-0.4, -0.2) is 44.8 Å². The summed E-state index contributed by atoms with van der Waals surface area (Å²) in [4.78, 5) is 27.6. The lowest BCUT2D eigenvalue weighted by Crippen LogP contribution is -2.50. The number of nitrogens with one attached hydrogen (secondary N) is 1. The highest BCUT2D eigenvalue weighted by Crippen LogP contribution is 2.27. The van der Waals surface area contributed by atoms with E-state index in [1.54, 1.807) is 37.3 Å². The van der Waals surface area contributed by atoms with Crippen molar-refractivity contribution in [2.75, 3.05) is 17.9 Å². The van der Waals surface area contributed by atoms with Gasteiger partial charge in [-0.3, -0.25) is 13.9 Å². The molecular weight excluding hydrogens is 498 g/mol. The maximum atomic E-state index is 13.7. The Bertz CT molecular complexity index is 1330. The molecule has 0 aliphatic carbocycles. The van der Waals surface area contributed by atoms with Crippen molar-refractivity contribution in [2.45, 2.75) is 38.3 Å². The number of halogens is 1. The normalized spacial score (nSPS) is 12.0. The number of hydrogen-bond donors (Lipinski definition) is 1. The van der Waals surface area contributed by atoms with Crippen LogP contribution in [0.5, 0.6) is 0 Å². The van der Waals surface area contributed by atoms with Gasteiger partial charge in [0.05, 0.1) is 10.6 Å². The van der Waals surface area contributed by atoms with Crippen molar-refractivity contribution in [3.63, 3.8) is 0 Å². The van der Waals surface area contributed by atoms with Crippen molar-refractivity contribution >= 4 is 39.1 Å². The number of sulfonamides is 1. The third-order valence-corrected chi connectivity index (χ3v) is 7.89. The summed E-state index contributed by atoms with van der Waals surface area (Å²) >= 11 is 6.17. The second-order valence-electron chi connectivity index (χ2n) is 8.60. The Morgan fingerprint density at radius 2 is 1.53 bits per heavy atom. The first kappa shape index (κ1) is 27.2. The van der Waals surface area contributed by atoms with Crippen LogP contribution in [0.3, 0.4) is 0 Å². The summed E-state index contributed by atoms with van der Waals surface area (Å²) in [6, 6.07) is 19.5. The molecule has 1 N–H and O–H groups in total. The zero-order valence-corrected chi connectivity index (χ0v) is 22.3. The molecule has 0 fully saturated rings. The van der Waals surface area contributed by atoms with Crippen molar-refractivity contribution in [1.82, 2.24) is 10.2 Å². The maximum Gasteiger partial charge on any atom is 0.264 e. The smallest absolute Gasteiger partial charge is 0.264 e. The van der Waals surface area contributed by atoms with Gasteiger partial charge in [0.15, 0.2) is 0 Å². The number of benzene rings is 3. The fourth-order valence-corrected chi connectivity index (χ4v) is 5.27. The van der Waals surface area contributed by atoms with Gasteiger partial charge in [-0.15, -0.1) is 0 Å². The highest BCUT2D eigenvalue weighted by atomic mass is 35.5. The molecule has 0 radical (unpaired) electrons. The largest absolute Gasteiger partial charge is 0.357 e. The van der Waals surface area contributed by atoms with Crippen molar-refractivity contribution in [1.29, 1.82) is 0 Å². The topological polar surface area (TPSA) is 86.8 Å². The summed E-state index contributed by atoms with van der Waals surface area (Å²) < 4.78 is 28.4. The maximum absolute atomic E-state index is 13.7. The number of rotatable bonds is 9. The van der Waals surface area contributed by atoms with Gasteiger partial charge in [0.2, 0.25) is 11.8 Å². The van der Waals surface area contributed by atoms with Crippen LogP contribution in [0.2, 0.25) is 5.02 Å². The zero-order valence-electron chi connectivity index (χ0n) is 20.7. The molecule has 0 aliphatic rings. The molecule has 2 amide bonds. The Balaban J connectivity index is 2.02. The second-order valence-corrected chi connectivity index (χ2v) is 10.9. The molecule has 0 heterocycles. The van der Waals surface area contributed by atoms with E-state index < -0.39 is 28.5 Å². The van der Waals surface area contributed by atoms with E-state index in [9.17, 15) is 18.0 Å². The molecule has 190 valence electrons. The van der Waals surface area contributed by atoms with Crippen LogP contribution >= 0.6 is 11.6 Å². The van der Waals surface area contributed by atoms with Gasteiger partial charge in [0, 0.05) is 18.6 Å². The van der Waals surface area contributed by atoms with Gasteiger partial charge in [-0.25, -0.2) is 8.42 Å². The highest BCUT2D eigenvalue weighted by molar-refractivity contribution is 7.92. The fraction of sp³-hybridized carbons (Fsp3) is 0.259. The average Bonchev–Trinajstić information content (AvgIpc) is 2.86. The van der Waals surface area contributed by atoms with Crippen molar-refractivity contribution in [3.05, 3.63) is 94.5 Å². The summed E-state index contributed by atoms with van der Waals surface area (Å²) in [5.74, 6) is -0.881. The molecule has 0 aliphatic heterocycles. The Morgan fingerprint density at radius 1 is 0.944 bits per heavy atom. The first-order valence-corrected chi connectivity index (χ1v) is 13.3. The first-order chi connectivity index (χ1) is 17.0. The van der Waals surface area contributed by atoms with Gasteiger partial charge in [0.1, 0.15) is 12.6 Å². The van der Waals surface area contributed by atoms with Crippen LogP contribution < -0.4 is 9.62 Å². The lowest BCUT2D eigenvalue weighted by atomic mass is 10.1. The highest BCUT2D eigenvalue weighted by Gasteiger charge is 2.32. The van der Waals surface area contributed by atoms with Crippen molar-refractivity contribution in [2.24, 2.45) is 0 Å². The van der Waals surface area contributed by atoms with E-state index in [4.69, 9.17) is 11.6 Å². The van der Waals surface area contributed by atoms with Gasteiger partial charge in [0.25, 0.3) is 10.0 Å². The van der Waals surface area contributed by atoms with E-state index in [0.717, 1.165) is 21.0 Å². The van der Waals surface area contributed by atoms with Gasteiger partial charge in [-0.1, -0.05) is 65.2 Å². The summed E-state index contributed by atoms with van der Waals surface area (Å²) in [7, 11) is -2.63. The molecule has 3 aromatic rings. The number of anilines is 1. The number of carbonyl (C=O) groups is 2. The molecular formula is C27H30ClN3O4S. The van der Waals surface area contributed by atoms with Crippen LogP contribution in [0, 0.1) is 13.8 Å². The molecule has 0 spiro atoms. The molecule has 0 bridgehead atoms. The number of hydrogen-bond acceptors (Lipinski definition) is 4. The SMILES string of the molecule is CNC(=O)[C@H](C)N(Cc1ccc(C)cc1)C(=O)CN(c1cccc(Cl)c1)S(=O)(=O)c1ccc(C)cc1. The molecule has 36 heavy (non-hydrogen) atoms. The van der Waals surface area contributed by atoms with Gasteiger partial charge < -0.3 is 10.2 Å². The third kappa shape index (κ3) is 6.44. The number of likely N-dealkylation sites (N-methyl/N-ethyl adjacent to an activating group) is 1. The minimum Gasteiger partial charge on any atom is -0.357 e. The third-order valence-electron chi connectivity index (χ3n) is 5.87. The Morgan fingerprint density at radius 3 is 2.08 bits per heavy atom. The van der Waals surface area contributed by atoms with E-state index in [2.05, 4.69) is 5.32 Å². The van der Waals surface area contributed by atoms with Gasteiger partial charge in [-0.05, 0) is 56.7 Å². The predicted octanol–water partition coefficient (Wildman–Crippen LogP) is 4.32. The lowest BCUT2D eigenvalue weighted by molar-refractivity contribution is -0.139. The van der Waals surface area contributed by atoms with E-state index >= 15 is 0 Å². The number of nitrogens with zero attached hydrogens (tertiary/aromatic N) is 2. The van der Waals surface area contributed by atoms with Crippen LogP contribution in [0.1, 0.15) is 23.6 Å². The molecule has 0 saturated carbocycles. The predicted molar refractivity (Wildman–Crippen MR) is 142 cm³/mol. The molecule has 3 rings (SSSR count). The number of amides is 2. The van der Waals surface area contributed by atoms with Crippen LogP contribution in [0.15, 0.2) is 77.7 Å². The monoisotopic (exact) mass is 527 g/mol. The quantitative estimate of drug-likeness (QED) is 0.449. The van der Waals surface area contributed by atoms with E-state index in [1.807, 2.05) is 38.1 Å². The molecule has 1 atom stereocenters. The van der Waals surface area contributed by atoms with E-state index in [0.29, 0.717) is 5.02 Å². The minimum atomic E-state index is -4.12. The Hall–Kier alpha value is -3.36. The number of aryl methyl sites for hydroxylation is 2. The summed E-state index contributed by atoms with van der Waals surface area (Å²) in [5, 5.41) is 2.90. The van der Waals surface area contributed by atoms with Gasteiger partial charge >= 0.3 is 0 Å². The first-order valence-electron chi connectivity index (χ1n) is 11.4. The average molecular weight is 528 g/mol. The fourth-order valence-electron chi connectivity index (χ4n) is 3.68. The molecule has 7 nitrogen and oxygen atoms in total. The van der Waals surface area contributed by atoms with E-state index in [1.165, 1.54) is 30.1 Å². The van der Waals surface area contributed by atoms with Crippen LogP contribution in [0.25, 0.3) is 0 Å². The summed E-state index contributed by atoms with van der Waals surface area (Å²) in [5.41, 5.74) is 3.04. The zero-order chi connectivity index (χ0) is 26.5. The molecule has 0 aromatic heterocycles. The number of carbonyl (C=O) groups excluding carboxylic acids is 2. The van der Waals surface area contributed by atoms with Crippen LogP contribution in [-0.2, 0) is 26.2 Å². The lowest BCUT2D eigenvalue weighted by Gasteiger charge is -2.31. The molecule has 0 unspecified atom stereocenters. The van der Waals surface area contributed by atoms with Crippen LogP contribution in [0.4, 0.5) is 5.69 Å². The van der Waals surface area contributed by atoms with Crippen molar-refractivity contribution in [3.8, 4) is 0 Å². The van der Waals surface area contributed by atoms with Crippen molar-refractivity contribution < 1.29 is 18.0 Å². The molecule has 3 aromatic carbocycles. The Kier molecular flexibility index (Phi) is 8.76. The minimum absolute atomic E-state index is 0.0466.